The highest BCUT2D eigenvalue weighted by Gasteiger charge is 2.32. The van der Waals surface area contributed by atoms with Crippen LogP contribution in [-0.2, 0) is 10.0 Å². The standard InChI is InChI=1S/C28H28N2O2S/c1-22-14-16-25(17-15-22)28(24-9-3-2-4-10-24)29-18-20-30(21-19-29)33(31,32)27-13-7-11-23-8-5-6-12-26(23)27/h2-17,28H,18-21H2,1H3/t28-/m0/s1. The molecule has 0 aromatic heterocycles. The van der Waals surface area contributed by atoms with Crippen molar-refractivity contribution in [1.29, 1.82) is 0 Å². The predicted octanol–water partition coefficient (Wildman–Crippen LogP) is 5.24. The summed E-state index contributed by atoms with van der Waals surface area (Å²) >= 11 is 0. The molecule has 33 heavy (non-hydrogen) atoms. The van der Waals surface area contributed by atoms with Gasteiger partial charge in [0, 0.05) is 31.6 Å². The van der Waals surface area contributed by atoms with Gasteiger partial charge in [-0.05, 0) is 29.5 Å². The van der Waals surface area contributed by atoms with E-state index >= 15 is 0 Å². The third kappa shape index (κ3) is 4.32. The molecule has 5 rings (SSSR count). The highest BCUT2D eigenvalue weighted by Crippen LogP contribution is 2.32. The second-order valence-electron chi connectivity index (χ2n) is 8.64. The van der Waals surface area contributed by atoms with E-state index in [4.69, 9.17) is 0 Å². The van der Waals surface area contributed by atoms with Gasteiger partial charge in [0.2, 0.25) is 10.0 Å². The first kappa shape index (κ1) is 21.8. The van der Waals surface area contributed by atoms with Crippen molar-refractivity contribution in [2.45, 2.75) is 17.9 Å². The number of aryl methyl sites for hydroxylation is 1. The van der Waals surface area contributed by atoms with Crippen LogP contribution in [0.4, 0.5) is 0 Å². The zero-order valence-electron chi connectivity index (χ0n) is 18.8. The monoisotopic (exact) mass is 456 g/mol. The van der Waals surface area contributed by atoms with Crippen molar-refractivity contribution in [2.75, 3.05) is 26.2 Å². The molecular weight excluding hydrogens is 428 g/mol. The second-order valence-corrected chi connectivity index (χ2v) is 10.5. The van der Waals surface area contributed by atoms with Crippen LogP contribution in [0.3, 0.4) is 0 Å². The zero-order chi connectivity index (χ0) is 22.8. The van der Waals surface area contributed by atoms with Gasteiger partial charge >= 0.3 is 0 Å². The summed E-state index contributed by atoms with van der Waals surface area (Å²) in [4.78, 5) is 2.79. The molecule has 4 nitrogen and oxygen atoms in total. The first-order chi connectivity index (χ1) is 16.0. The van der Waals surface area contributed by atoms with Gasteiger partial charge in [0.05, 0.1) is 10.9 Å². The Morgan fingerprint density at radius 2 is 1.27 bits per heavy atom. The van der Waals surface area contributed by atoms with Gasteiger partial charge in [0.15, 0.2) is 0 Å². The Morgan fingerprint density at radius 1 is 0.667 bits per heavy atom. The van der Waals surface area contributed by atoms with Gasteiger partial charge < -0.3 is 0 Å². The fraction of sp³-hybridized carbons (Fsp3) is 0.214. The van der Waals surface area contributed by atoms with E-state index < -0.39 is 10.0 Å². The summed E-state index contributed by atoms with van der Waals surface area (Å²) in [6.07, 6.45) is 0. The molecule has 0 saturated carbocycles. The fourth-order valence-corrected chi connectivity index (χ4v) is 6.40. The maximum atomic E-state index is 13.6. The summed E-state index contributed by atoms with van der Waals surface area (Å²) in [7, 11) is -3.57. The summed E-state index contributed by atoms with van der Waals surface area (Å²) in [6, 6.07) is 32.4. The topological polar surface area (TPSA) is 40.6 Å². The van der Waals surface area contributed by atoms with Gasteiger partial charge in [-0.15, -0.1) is 0 Å². The van der Waals surface area contributed by atoms with Gasteiger partial charge in [-0.25, -0.2) is 8.42 Å². The Bertz CT molecular complexity index is 1340. The lowest BCUT2D eigenvalue weighted by atomic mass is 9.96. The largest absolute Gasteiger partial charge is 0.290 e. The summed E-state index contributed by atoms with van der Waals surface area (Å²) in [6.45, 7) is 4.40. The van der Waals surface area contributed by atoms with Crippen LogP contribution in [0.5, 0.6) is 0 Å². The van der Waals surface area contributed by atoms with Crippen LogP contribution >= 0.6 is 0 Å². The SMILES string of the molecule is Cc1ccc([C@H](c2ccccc2)N2CCN(S(=O)(=O)c3cccc4ccccc34)CC2)cc1. The zero-order valence-corrected chi connectivity index (χ0v) is 19.6. The number of nitrogens with zero attached hydrogens (tertiary/aromatic N) is 2. The molecule has 1 aliphatic rings. The molecule has 0 spiro atoms. The fourth-order valence-electron chi connectivity index (χ4n) is 4.76. The van der Waals surface area contributed by atoms with E-state index in [0.717, 1.165) is 10.8 Å². The molecule has 1 aliphatic heterocycles. The first-order valence-electron chi connectivity index (χ1n) is 11.4. The molecule has 1 saturated heterocycles. The van der Waals surface area contributed by atoms with Gasteiger partial charge in [0.25, 0.3) is 0 Å². The van der Waals surface area contributed by atoms with Crippen LogP contribution in [0.1, 0.15) is 22.7 Å². The number of benzene rings is 4. The maximum Gasteiger partial charge on any atom is 0.243 e. The molecule has 168 valence electrons. The normalized spacial score (nSPS) is 16.6. The highest BCUT2D eigenvalue weighted by molar-refractivity contribution is 7.89. The molecular formula is C28H28N2O2S. The number of sulfonamides is 1. The van der Waals surface area contributed by atoms with E-state index in [1.807, 2.05) is 42.5 Å². The first-order valence-corrected chi connectivity index (χ1v) is 12.8. The number of piperazine rings is 1. The van der Waals surface area contributed by atoms with Gasteiger partial charge in [-0.2, -0.15) is 4.31 Å². The average Bonchev–Trinajstić information content (AvgIpc) is 2.86. The Morgan fingerprint density at radius 3 is 2.00 bits per heavy atom. The number of hydrogen-bond donors (Lipinski definition) is 0. The van der Waals surface area contributed by atoms with E-state index in [-0.39, 0.29) is 6.04 Å². The molecule has 0 radical (unpaired) electrons. The number of fused-ring (bicyclic) bond motifs is 1. The van der Waals surface area contributed by atoms with Crippen molar-refractivity contribution in [3.8, 4) is 0 Å². The summed E-state index contributed by atoms with van der Waals surface area (Å²) in [5, 5.41) is 1.73. The predicted molar refractivity (Wildman–Crippen MR) is 134 cm³/mol. The molecule has 0 N–H and O–H groups in total. The number of hydrogen-bond acceptors (Lipinski definition) is 3. The molecule has 1 fully saturated rings. The van der Waals surface area contributed by atoms with Crippen molar-refractivity contribution in [3.05, 3.63) is 114 Å². The maximum absolute atomic E-state index is 13.6. The molecule has 1 atom stereocenters. The van der Waals surface area contributed by atoms with Crippen molar-refractivity contribution < 1.29 is 8.42 Å². The molecule has 0 amide bonds. The van der Waals surface area contributed by atoms with Gasteiger partial charge in [-0.1, -0.05) is 96.6 Å². The van der Waals surface area contributed by atoms with E-state index in [1.165, 1.54) is 16.7 Å². The minimum Gasteiger partial charge on any atom is -0.290 e. The molecule has 0 unspecified atom stereocenters. The Kier molecular flexibility index (Phi) is 6.02. The third-order valence-corrected chi connectivity index (χ3v) is 8.47. The van der Waals surface area contributed by atoms with Crippen molar-refractivity contribution >= 4 is 20.8 Å². The van der Waals surface area contributed by atoms with Crippen LogP contribution in [-0.4, -0.2) is 43.8 Å². The van der Waals surface area contributed by atoms with Gasteiger partial charge in [0.1, 0.15) is 0 Å². The second kappa shape index (κ2) is 9.10. The highest BCUT2D eigenvalue weighted by atomic mass is 32.2. The lowest BCUT2D eigenvalue weighted by Crippen LogP contribution is -2.49. The lowest BCUT2D eigenvalue weighted by molar-refractivity contribution is 0.156. The van der Waals surface area contributed by atoms with E-state index in [2.05, 4.69) is 60.4 Å². The Hall–Kier alpha value is -2.99. The Balaban J connectivity index is 1.41. The molecule has 1 heterocycles. The Labute approximate surface area is 196 Å². The summed E-state index contributed by atoms with van der Waals surface area (Å²) in [5.74, 6) is 0. The summed E-state index contributed by atoms with van der Waals surface area (Å²) < 4.78 is 28.8. The van der Waals surface area contributed by atoms with Gasteiger partial charge in [-0.3, -0.25) is 4.90 Å². The van der Waals surface area contributed by atoms with Crippen molar-refractivity contribution in [3.63, 3.8) is 0 Å². The molecule has 0 aliphatic carbocycles. The van der Waals surface area contributed by atoms with Crippen LogP contribution in [0.15, 0.2) is 102 Å². The quantitative estimate of drug-likeness (QED) is 0.412. The van der Waals surface area contributed by atoms with Crippen molar-refractivity contribution in [2.24, 2.45) is 0 Å². The van der Waals surface area contributed by atoms with Crippen molar-refractivity contribution in [1.82, 2.24) is 9.21 Å². The van der Waals surface area contributed by atoms with Crippen LogP contribution in [0.25, 0.3) is 10.8 Å². The minimum absolute atomic E-state index is 0.106. The average molecular weight is 457 g/mol. The minimum atomic E-state index is -3.57. The molecule has 0 bridgehead atoms. The molecule has 4 aromatic carbocycles. The van der Waals surface area contributed by atoms with Crippen LogP contribution in [0.2, 0.25) is 0 Å². The lowest BCUT2D eigenvalue weighted by Gasteiger charge is -2.39. The smallest absolute Gasteiger partial charge is 0.243 e. The van der Waals surface area contributed by atoms with E-state index in [9.17, 15) is 8.42 Å². The number of rotatable bonds is 5. The molecule has 4 aromatic rings. The third-order valence-electron chi connectivity index (χ3n) is 6.51. The van der Waals surface area contributed by atoms with E-state index in [1.54, 1.807) is 10.4 Å². The molecule has 5 heteroatoms. The summed E-state index contributed by atoms with van der Waals surface area (Å²) in [5.41, 5.74) is 3.69. The van der Waals surface area contributed by atoms with Crippen LogP contribution < -0.4 is 0 Å². The van der Waals surface area contributed by atoms with E-state index in [0.29, 0.717) is 31.1 Å². The van der Waals surface area contributed by atoms with Crippen LogP contribution in [0, 0.1) is 6.92 Å².